The van der Waals surface area contributed by atoms with E-state index in [9.17, 15) is 0 Å². The summed E-state index contributed by atoms with van der Waals surface area (Å²) in [7, 11) is 0. The molecule has 0 N–H and O–H groups in total. The van der Waals surface area contributed by atoms with Crippen molar-refractivity contribution in [2.45, 2.75) is 59.3 Å². The monoisotopic (exact) mass is 246 g/mol. The third-order valence-electron chi connectivity index (χ3n) is 2.16. The molecule has 0 aliphatic carbocycles. The Morgan fingerprint density at radius 3 is 1.73 bits per heavy atom. The van der Waals surface area contributed by atoms with Crippen LogP contribution in [0.3, 0.4) is 0 Å². The summed E-state index contributed by atoms with van der Waals surface area (Å²) in [6.45, 7) is 6.55. The van der Waals surface area contributed by atoms with E-state index in [-0.39, 0.29) is 0 Å². The lowest BCUT2D eigenvalue weighted by molar-refractivity contribution is 0.624. The Hall–Kier alpha value is -0.0100. The van der Waals surface area contributed by atoms with E-state index in [0.29, 0.717) is 0 Å². The van der Waals surface area contributed by atoms with Crippen LogP contribution in [0.15, 0.2) is 12.1 Å². The van der Waals surface area contributed by atoms with Crippen molar-refractivity contribution in [3.05, 3.63) is 21.3 Å². The maximum Gasteiger partial charge on any atom is 0.0931 e. The summed E-state index contributed by atoms with van der Waals surface area (Å²) in [5.41, 5.74) is 0. The third kappa shape index (κ3) is 10.3. The zero-order valence-electron chi connectivity index (χ0n) is 10.2. The lowest BCUT2D eigenvalue weighted by atomic mass is 10.1. The van der Waals surface area contributed by atoms with Gasteiger partial charge in [0.15, 0.2) is 0 Å². The van der Waals surface area contributed by atoms with Gasteiger partial charge < -0.3 is 0 Å². The Bertz CT molecular complexity index is 208. The summed E-state index contributed by atoms with van der Waals surface area (Å²) in [4.78, 5) is 1.27. The molecule has 0 nitrogen and oxygen atoms in total. The van der Waals surface area contributed by atoms with Gasteiger partial charge in [-0.15, -0.1) is 11.3 Å². The van der Waals surface area contributed by atoms with Gasteiger partial charge in [0.05, 0.1) is 4.34 Å². The summed E-state index contributed by atoms with van der Waals surface area (Å²) in [6.07, 6.45) is 8.49. The molecule has 0 radical (unpaired) electrons. The Labute approximate surface area is 104 Å². The first kappa shape index (κ1) is 15.0. The number of unbranched alkanes of at least 4 members (excludes halogenated alkanes) is 5. The van der Waals surface area contributed by atoms with Crippen molar-refractivity contribution < 1.29 is 0 Å². The minimum absolute atomic E-state index is 0.873. The average Bonchev–Trinajstić information content (AvgIpc) is 2.58. The molecule has 1 rings (SSSR count). The molecule has 15 heavy (non-hydrogen) atoms. The summed E-state index contributed by atoms with van der Waals surface area (Å²) in [5, 5.41) is 0. The molecule has 0 bridgehead atoms. The van der Waals surface area contributed by atoms with Gasteiger partial charge in [-0.25, -0.2) is 0 Å². The number of aryl methyl sites for hydroxylation is 1. The summed E-state index contributed by atoms with van der Waals surface area (Å²) in [5.74, 6) is 0. The van der Waals surface area contributed by atoms with Crippen LogP contribution >= 0.6 is 22.9 Å². The van der Waals surface area contributed by atoms with Crippen LogP contribution in [0.2, 0.25) is 4.34 Å². The number of hydrogen-bond acceptors (Lipinski definition) is 1. The van der Waals surface area contributed by atoms with Crippen molar-refractivity contribution in [1.29, 1.82) is 0 Å². The molecule has 2 heteroatoms. The summed E-state index contributed by atoms with van der Waals surface area (Å²) < 4.78 is 0.873. The van der Waals surface area contributed by atoms with E-state index in [1.165, 1.54) is 43.4 Å². The van der Waals surface area contributed by atoms with E-state index in [4.69, 9.17) is 11.6 Å². The molecule has 88 valence electrons. The Morgan fingerprint density at radius 2 is 1.53 bits per heavy atom. The highest BCUT2D eigenvalue weighted by atomic mass is 35.5. The van der Waals surface area contributed by atoms with E-state index < -0.39 is 0 Å². The topological polar surface area (TPSA) is 0 Å². The van der Waals surface area contributed by atoms with Gasteiger partial charge >= 0.3 is 0 Å². The first-order chi connectivity index (χ1) is 7.20. The predicted octanol–water partition coefficient (Wildman–Crippen LogP) is 6.08. The number of halogens is 1. The molecule has 0 saturated heterocycles. The predicted molar refractivity (Wildman–Crippen MR) is 73.1 cm³/mol. The lowest BCUT2D eigenvalue weighted by Crippen LogP contribution is -1.73. The molecule has 0 fully saturated rings. The highest BCUT2D eigenvalue weighted by Crippen LogP contribution is 2.19. The maximum absolute atomic E-state index is 5.58. The minimum atomic E-state index is 0.873. The SMILES string of the molecule is CCCCCCCC.Cc1ccc(Cl)s1. The van der Waals surface area contributed by atoms with Gasteiger partial charge in [0, 0.05) is 4.88 Å². The van der Waals surface area contributed by atoms with Gasteiger partial charge in [-0.05, 0) is 19.1 Å². The molecule has 0 aliphatic heterocycles. The van der Waals surface area contributed by atoms with E-state index in [1.807, 2.05) is 19.1 Å². The van der Waals surface area contributed by atoms with Gasteiger partial charge in [-0.1, -0.05) is 64.0 Å². The minimum Gasteiger partial charge on any atom is -0.129 e. The van der Waals surface area contributed by atoms with Gasteiger partial charge in [-0.3, -0.25) is 0 Å². The molecule has 0 amide bonds. The molecular weight excluding hydrogens is 224 g/mol. The van der Waals surface area contributed by atoms with Gasteiger partial charge in [0.2, 0.25) is 0 Å². The summed E-state index contributed by atoms with van der Waals surface area (Å²) >= 11 is 7.19. The quantitative estimate of drug-likeness (QED) is 0.553. The molecular formula is C13H23ClS. The van der Waals surface area contributed by atoms with Crippen molar-refractivity contribution in [1.82, 2.24) is 0 Å². The van der Waals surface area contributed by atoms with Crippen LogP contribution in [0.1, 0.15) is 57.2 Å². The van der Waals surface area contributed by atoms with Crippen molar-refractivity contribution in [3.8, 4) is 0 Å². The standard InChI is InChI=1S/C8H18.C5H5ClS/c1-3-5-7-8-6-4-2;1-4-2-3-5(6)7-4/h3-8H2,1-2H3;2-3H,1H3. The Kier molecular flexibility index (Phi) is 10.5. The number of hydrogen-bond donors (Lipinski definition) is 0. The second kappa shape index (κ2) is 10.5. The van der Waals surface area contributed by atoms with Crippen molar-refractivity contribution in [2.75, 3.05) is 0 Å². The molecule has 1 heterocycles. The molecule has 0 aromatic carbocycles. The molecule has 1 aromatic heterocycles. The highest BCUT2D eigenvalue weighted by Gasteiger charge is 1.86. The van der Waals surface area contributed by atoms with Crippen LogP contribution in [0.4, 0.5) is 0 Å². The fourth-order valence-corrected chi connectivity index (χ4v) is 2.27. The second-order valence-corrected chi connectivity index (χ2v) is 5.68. The van der Waals surface area contributed by atoms with Crippen LogP contribution in [0, 0.1) is 6.92 Å². The first-order valence-electron chi connectivity index (χ1n) is 5.92. The molecule has 1 aromatic rings. The van der Waals surface area contributed by atoms with Crippen LogP contribution < -0.4 is 0 Å². The normalized spacial score (nSPS) is 9.60. The second-order valence-electron chi connectivity index (χ2n) is 3.76. The average molecular weight is 247 g/mol. The van der Waals surface area contributed by atoms with E-state index in [2.05, 4.69) is 13.8 Å². The highest BCUT2D eigenvalue weighted by molar-refractivity contribution is 7.16. The van der Waals surface area contributed by atoms with Gasteiger partial charge in [0.25, 0.3) is 0 Å². The zero-order chi connectivity index (χ0) is 11.5. The fourth-order valence-electron chi connectivity index (χ4n) is 1.26. The van der Waals surface area contributed by atoms with E-state index in [1.54, 1.807) is 11.3 Å². The maximum atomic E-state index is 5.58. The largest absolute Gasteiger partial charge is 0.129 e. The molecule has 0 unspecified atom stereocenters. The smallest absolute Gasteiger partial charge is 0.0931 e. The van der Waals surface area contributed by atoms with Crippen LogP contribution in [-0.4, -0.2) is 0 Å². The van der Waals surface area contributed by atoms with Crippen molar-refractivity contribution >= 4 is 22.9 Å². The third-order valence-corrected chi connectivity index (χ3v) is 3.31. The zero-order valence-corrected chi connectivity index (χ0v) is 11.8. The molecule has 0 spiro atoms. The number of rotatable bonds is 5. The first-order valence-corrected chi connectivity index (χ1v) is 7.12. The van der Waals surface area contributed by atoms with Crippen LogP contribution in [0.5, 0.6) is 0 Å². The van der Waals surface area contributed by atoms with E-state index in [0.717, 1.165) is 4.34 Å². The van der Waals surface area contributed by atoms with Crippen LogP contribution in [-0.2, 0) is 0 Å². The molecule has 0 aliphatic rings. The Balaban J connectivity index is 0.000000262. The Morgan fingerprint density at radius 1 is 1.00 bits per heavy atom. The summed E-state index contributed by atoms with van der Waals surface area (Å²) in [6, 6.07) is 3.91. The van der Waals surface area contributed by atoms with Crippen molar-refractivity contribution in [3.63, 3.8) is 0 Å². The number of thiophene rings is 1. The van der Waals surface area contributed by atoms with Crippen molar-refractivity contribution in [2.24, 2.45) is 0 Å². The van der Waals surface area contributed by atoms with Crippen LogP contribution in [0.25, 0.3) is 0 Å². The fraction of sp³-hybridized carbons (Fsp3) is 0.692. The van der Waals surface area contributed by atoms with E-state index >= 15 is 0 Å². The molecule has 0 saturated carbocycles. The van der Waals surface area contributed by atoms with Gasteiger partial charge in [-0.2, -0.15) is 0 Å². The molecule has 0 atom stereocenters. The van der Waals surface area contributed by atoms with Gasteiger partial charge in [0.1, 0.15) is 0 Å². The lowest BCUT2D eigenvalue weighted by Gasteiger charge is -1.93.